The van der Waals surface area contributed by atoms with Crippen LogP contribution in [0.3, 0.4) is 0 Å². The van der Waals surface area contributed by atoms with E-state index in [2.05, 4.69) is 17.6 Å². The van der Waals surface area contributed by atoms with Crippen molar-refractivity contribution in [1.82, 2.24) is 10.2 Å². The van der Waals surface area contributed by atoms with E-state index in [1.807, 2.05) is 20.8 Å². The summed E-state index contributed by atoms with van der Waals surface area (Å²) in [5.74, 6) is -1.61. The lowest BCUT2D eigenvalue weighted by Gasteiger charge is -2.37. The summed E-state index contributed by atoms with van der Waals surface area (Å²) in [5, 5.41) is 16.1. The Balaban J connectivity index is 1.62. The summed E-state index contributed by atoms with van der Waals surface area (Å²) in [6.07, 6.45) is 2.93. The van der Waals surface area contributed by atoms with Crippen LogP contribution in [0.15, 0.2) is 24.3 Å². The number of anilines is 1. The molecule has 0 aliphatic carbocycles. The van der Waals surface area contributed by atoms with E-state index >= 15 is 0 Å². The third kappa shape index (κ3) is 4.47. The molecule has 1 aromatic rings. The first-order chi connectivity index (χ1) is 17.3. The number of benzene rings is 1. The van der Waals surface area contributed by atoms with Crippen LogP contribution in [0.1, 0.15) is 59.8 Å². The zero-order valence-corrected chi connectivity index (χ0v) is 21.7. The Hall–Kier alpha value is -2.65. The maximum atomic E-state index is 13.9. The van der Waals surface area contributed by atoms with Gasteiger partial charge in [-0.25, -0.2) is 0 Å². The third-order valence-corrected chi connectivity index (χ3v) is 7.91. The Bertz CT molecular complexity index is 965. The van der Waals surface area contributed by atoms with Gasteiger partial charge in [0.1, 0.15) is 17.4 Å². The van der Waals surface area contributed by atoms with Crippen LogP contribution in [0.2, 0.25) is 0 Å². The zero-order chi connectivity index (χ0) is 26.0. The fourth-order valence-electron chi connectivity index (χ4n) is 6.35. The fourth-order valence-corrected chi connectivity index (χ4v) is 6.35. The molecule has 3 unspecified atom stereocenters. The number of carbonyl (C=O) groups is 3. The van der Waals surface area contributed by atoms with Crippen LogP contribution in [-0.2, 0) is 19.1 Å². The second kappa shape index (κ2) is 10.8. The number of aliphatic hydroxyl groups excluding tert-OH is 1. The molecule has 1 spiro atoms. The van der Waals surface area contributed by atoms with E-state index in [-0.39, 0.29) is 30.4 Å². The molecule has 0 saturated carbocycles. The minimum atomic E-state index is -1.07. The summed E-state index contributed by atoms with van der Waals surface area (Å²) in [6.45, 7) is 8.07. The molecule has 2 bridgehead atoms. The van der Waals surface area contributed by atoms with E-state index in [4.69, 9.17) is 9.47 Å². The van der Waals surface area contributed by atoms with E-state index in [9.17, 15) is 19.5 Å². The van der Waals surface area contributed by atoms with Crippen LogP contribution in [0, 0.1) is 11.8 Å². The molecular formula is C27H39N3O6. The molecule has 3 aliphatic heterocycles. The molecule has 36 heavy (non-hydrogen) atoms. The molecule has 198 valence electrons. The summed E-state index contributed by atoms with van der Waals surface area (Å²) >= 11 is 0. The second-order valence-electron chi connectivity index (χ2n) is 10.2. The minimum Gasteiger partial charge on any atom is -0.494 e. The molecule has 7 atom stereocenters. The Morgan fingerprint density at radius 1 is 1.22 bits per heavy atom. The molecule has 0 aromatic heterocycles. The number of aliphatic hydroxyl groups is 1. The maximum absolute atomic E-state index is 13.9. The molecule has 9 nitrogen and oxygen atoms in total. The standard InChI is InChI=1S/C27H39N3O6/c1-5-8-16(4)28-25(33)23-27-14-13-20(36-27)21(22(27)26(34)30(23)18(6-2)15-31)24(32)29-17-9-11-19(12-10-17)35-7-3/h9-12,16,18,20-23,31H,5-8,13-15H2,1-4H3,(H,28,33)(H,29,32)/t16?,18-,20+,21-,22-,23?,27?/m0/s1. The van der Waals surface area contributed by atoms with Crippen LogP contribution in [0.4, 0.5) is 5.69 Å². The highest BCUT2D eigenvalue weighted by Gasteiger charge is 2.75. The highest BCUT2D eigenvalue weighted by Crippen LogP contribution is 2.59. The van der Waals surface area contributed by atoms with Gasteiger partial charge < -0.3 is 30.1 Å². The highest BCUT2D eigenvalue weighted by molar-refractivity contribution is 6.02. The summed E-state index contributed by atoms with van der Waals surface area (Å²) in [5.41, 5.74) is -0.465. The molecular weight excluding hydrogens is 462 g/mol. The Kier molecular flexibility index (Phi) is 7.90. The van der Waals surface area contributed by atoms with Crippen molar-refractivity contribution >= 4 is 23.4 Å². The number of ether oxygens (including phenoxy) is 2. The average Bonchev–Trinajstić information content (AvgIpc) is 3.49. The molecule has 0 radical (unpaired) electrons. The van der Waals surface area contributed by atoms with Gasteiger partial charge in [0.05, 0.1) is 37.2 Å². The summed E-state index contributed by atoms with van der Waals surface area (Å²) in [4.78, 5) is 42.5. The van der Waals surface area contributed by atoms with E-state index in [0.717, 1.165) is 12.8 Å². The smallest absolute Gasteiger partial charge is 0.246 e. The molecule has 3 N–H and O–H groups in total. The van der Waals surface area contributed by atoms with Crippen molar-refractivity contribution in [3.05, 3.63) is 24.3 Å². The maximum Gasteiger partial charge on any atom is 0.246 e. The molecule has 4 rings (SSSR count). The summed E-state index contributed by atoms with van der Waals surface area (Å²) < 4.78 is 11.9. The normalized spacial score (nSPS) is 30.1. The van der Waals surface area contributed by atoms with Crippen molar-refractivity contribution in [2.45, 2.75) is 89.6 Å². The molecule has 3 heterocycles. The van der Waals surface area contributed by atoms with Gasteiger partial charge >= 0.3 is 0 Å². The lowest BCUT2D eigenvalue weighted by atomic mass is 9.70. The topological polar surface area (TPSA) is 117 Å². The number of rotatable bonds is 11. The SMILES string of the molecule is CCCC(C)NC(=O)C1N([C@@H](CC)CO)C(=O)[C@@H]2[C@@H](C(=O)Nc3ccc(OCC)cc3)[C@H]3CCC12O3. The predicted octanol–water partition coefficient (Wildman–Crippen LogP) is 2.47. The summed E-state index contributed by atoms with van der Waals surface area (Å²) in [7, 11) is 0. The van der Waals surface area contributed by atoms with Crippen LogP contribution in [-0.4, -0.2) is 70.8 Å². The van der Waals surface area contributed by atoms with Crippen molar-refractivity contribution in [3.8, 4) is 5.75 Å². The predicted molar refractivity (Wildman–Crippen MR) is 134 cm³/mol. The zero-order valence-electron chi connectivity index (χ0n) is 21.7. The van der Waals surface area contributed by atoms with E-state index in [1.54, 1.807) is 24.3 Å². The summed E-state index contributed by atoms with van der Waals surface area (Å²) in [6, 6.07) is 5.64. The monoisotopic (exact) mass is 501 g/mol. The first-order valence-electron chi connectivity index (χ1n) is 13.3. The number of nitrogens with zero attached hydrogens (tertiary/aromatic N) is 1. The van der Waals surface area contributed by atoms with Gasteiger partial charge in [0, 0.05) is 11.7 Å². The highest BCUT2D eigenvalue weighted by atomic mass is 16.5. The quantitative estimate of drug-likeness (QED) is 0.429. The van der Waals surface area contributed by atoms with Gasteiger partial charge in [-0.05, 0) is 63.8 Å². The van der Waals surface area contributed by atoms with Crippen LogP contribution < -0.4 is 15.4 Å². The third-order valence-electron chi connectivity index (χ3n) is 7.91. The first kappa shape index (κ1) is 26.4. The molecule has 3 amide bonds. The molecule has 9 heteroatoms. The van der Waals surface area contributed by atoms with Crippen molar-refractivity contribution in [3.63, 3.8) is 0 Å². The number of carbonyl (C=O) groups excluding carboxylic acids is 3. The molecule has 3 saturated heterocycles. The second-order valence-corrected chi connectivity index (χ2v) is 10.2. The van der Waals surface area contributed by atoms with Crippen molar-refractivity contribution in [1.29, 1.82) is 0 Å². The van der Waals surface area contributed by atoms with Crippen LogP contribution >= 0.6 is 0 Å². The number of hydrogen-bond acceptors (Lipinski definition) is 6. The van der Waals surface area contributed by atoms with Crippen molar-refractivity contribution in [2.75, 3.05) is 18.5 Å². The first-order valence-corrected chi connectivity index (χ1v) is 13.3. The Morgan fingerprint density at radius 2 is 1.94 bits per heavy atom. The van der Waals surface area contributed by atoms with Gasteiger partial charge in [-0.15, -0.1) is 0 Å². The lowest BCUT2D eigenvalue weighted by Crippen LogP contribution is -2.58. The van der Waals surface area contributed by atoms with Gasteiger partial charge in [0.25, 0.3) is 0 Å². The molecule has 3 aliphatic rings. The Labute approximate surface area is 212 Å². The number of amides is 3. The van der Waals surface area contributed by atoms with Gasteiger partial charge in [-0.2, -0.15) is 0 Å². The lowest BCUT2D eigenvalue weighted by molar-refractivity contribution is -0.145. The number of hydrogen-bond donors (Lipinski definition) is 3. The van der Waals surface area contributed by atoms with E-state index in [0.29, 0.717) is 37.3 Å². The van der Waals surface area contributed by atoms with Gasteiger partial charge in [-0.3, -0.25) is 14.4 Å². The van der Waals surface area contributed by atoms with Crippen molar-refractivity contribution in [2.24, 2.45) is 11.8 Å². The number of fused-ring (bicyclic) bond motifs is 1. The Morgan fingerprint density at radius 3 is 2.56 bits per heavy atom. The van der Waals surface area contributed by atoms with Gasteiger partial charge in [-0.1, -0.05) is 20.3 Å². The number of likely N-dealkylation sites (tertiary alicyclic amines) is 1. The number of nitrogens with one attached hydrogen (secondary N) is 2. The molecule has 1 aromatic carbocycles. The van der Waals surface area contributed by atoms with Crippen LogP contribution in [0.25, 0.3) is 0 Å². The fraction of sp³-hybridized carbons (Fsp3) is 0.667. The van der Waals surface area contributed by atoms with Gasteiger partial charge in [0.2, 0.25) is 17.7 Å². The molecule has 3 fully saturated rings. The van der Waals surface area contributed by atoms with E-state index in [1.165, 1.54) is 4.90 Å². The van der Waals surface area contributed by atoms with E-state index < -0.39 is 35.6 Å². The van der Waals surface area contributed by atoms with Crippen LogP contribution in [0.5, 0.6) is 5.75 Å². The van der Waals surface area contributed by atoms with Crippen molar-refractivity contribution < 1.29 is 29.0 Å². The largest absolute Gasteiger partial charge is 0.494 e. The van der Waals surface area contributed by atoms with Gasteiger partial charge in [0.15, 0.2) is 0 Å². The average molecular weight is 502 g/mol. The minimum absolute atomic E-state index is 0.0542.